The SMILES string of the molecule is CN(C)c1ccc(C=NNc2nnc(Cl)c3ccccc23)cc1. The van der Waals surface area contributed by atoms with Gasteiger partial charge in [-0.15, -0.1) is 10.2 Å². The molecule has 0 radical (unpaired) electrons. The predicted molar refractivity (Wildman–Crippen MR) is 96.5 cm³/mol. The van der Waals surface area contributed by atoms with Gasteiger partial charge in [0.1, 0.15) is 0 Å². The number of benzene rings is 2. The van der Waals surface area contributed by atoms with Crippen molar-refractivity contribution in [2.75, 3.05) is 24.4 Å². The van der Waals surface area contributed by atoms with E-state index in [-0.39, 0.29) is 0 Å². The summed E-state index contributed by atoms with van der Waals surface area (Å²) in [6, 6.07) is 15.8. The molecule has 0 saturated carbocycles. The molecular weight excluding hydrogens is 310 g/mol. The summed E-state index contributed by atoms with van der Waals surface area (Å²) in [6.07, 6.45) is 1.74. The Morgan fingerprint density at radius 1 is 1.00 bits per heavy atom. The molecule has 0 aliphatic carbocycles. The van der Waals surface area contributed by atoms with E-state index in [2.05, 4.69) is 25.6 Å². The molecule has 0 saturated heterocycles. The van der Waals surface area contributed by atoms with Gasteiger partial charge in [-0.25, -0.2) is 0 Å². The quantitative estimate of drug-likeness (QED) is 0.585. The lowest BCUT2D eigenvalue weighted by Crippen LogP contribution is -2.08. The monoisotopic (exact) mass is 325 g/mol. The number of hydrazone groups is 1. The van der Waals surface area contributed by atoms with E-state index in [0.717, 1.165) is 22.0 Å². The average molecular weight is 326 g/mol. The van der Waals surface area contributed by atoms with Crippen LogP contribution >= 0.6 is 11.6 Å². The van der Waals surface area contributed by atoms with Gasteiger partial charge in [0.15, 0.2) is 11.0 Å². The molecule has 0 aliphatic heterocycles. The summed E-state index contributed by atoms with van der Waals surface area (Å²) < 4.78 is 0. The Balaban J connectivity index is 1.79. The number of hydrogen-bond acceptors (Lipinski definition) is 5. The van der Waals surface area contributed by atoms with Crippen LogP contribution < -0.4 is 10.3 Å². The van der Waals surface area contributed by atoms with Gasteiger partial charge in [-0.3, -0.25) is 5.43 Å². The summed E-state index contributed by atoms with van der Waals surface area (Å²) in [7, 11) is 4.02. The van der Waals surface area contributed by atoms with Gasteiger partial charge in [-0.1, -0.05) is 48.0 Å². The zero-order valence-electron chi connectivity index (χ0n) is 12.9. The molecule has 1 N–H and O–H groups in total. The number of hydrogen-bond donors (Lipinski definition) is 1. The molecule has 0 atom stereocenters. The van der Waals surface area contributed by atoms with Crippen molar-refractivity contribution in [1.29, 1.82) is 0 Å². The van der Waals surface area contributed by atoms with Crippen LogP contribution in [0.3, 0.4) is 0 Å². The van der Waals surface area contributed by atoms with Crippen LogP contribution in [-0.2, 0) is 0 Å². The summed E-state index contributed by atoms with van der Waals surface area (Å²) in [5.74, 6) is 0.575. The molecule has 6 heteroatoms. The molecule has 0 fully saturated rings. The molecule has 0 bridgehead atoms. The van der Waals surface area contributed by atoms with E-state index in [1.807, 2.05) is 62.6 Å². The van der Waals surface area contributed by atoms with Crippen LogP contribution in [-0.4, -0.2) is 30.5 Å². The Bertz CT molecular complexity index is 843. The molecule has 5 nitrogen and oxygen atoms in total. The van der Waals surface area contributed by atoms with Crippen molar-refractivity contribution in [1.82, 2.24) is 10.2 Å². The molecule has 116 valence electrons. The van der Waals surface area contributed by atoms with Crippen LogP contribution in [0.25, 0.3) is 10.8 Å². The smallest absolute Gasteiger partial charge is 0.176 e. The highest BCUT2D eigenvalue weighted by atomic mass is 35.5. The lowest BCUT2D eigenvalue weighted by molar-refractivity contribution is 1.04. The second-order valence-electron chi connectivity index (χ2n) is 5.24. The van der Waals surface area contributed by atoms with Crippen LogP contribution in [0.1, 0.15) is 5.56 Å². The maximum atomic E-state index is 6.06. The molecule has 2 aromatic carbocycles. The topological polar surface area (TPSA) is 53.4 Å². The zero-order valence-corrected chi connectivity index (χ0v) is 13.6. The van der Waals surface area contributed by atoms with Gasteiger partial charge < -0.3 is 4.90 Å². The first kappa shape index (κ1) is 15.2. The molecule has 0 aliphatic rings. The highest BCUT2D eigenvalue weighted by molar-refractivity contribution is 6.34. The number of nitrogens with zero attached hydrogens (tertiary/aromatic N) is 4. The van der Waals surface area contributed by atoms with Crippen LogP contribution in [0.2, 0.25) is 5.15 Å². The van der Waals surface area contributed by atoms with Crippen molar-refractivity contribution in [2.24, 2.45) is 5.10 Å². The summed E-state index contributed by atoms with van der Waals surface area (Å²) in [5.41, 5.74) is 5.07. The highest BCUT2D eigenvalue weighted by Gasteiger charge is 2.06. The van der Waals surface area contributed by atoms with E-state index in [9.17, 15) is 0 Å². The third kappa shape index (κ3) is 3.40. The van der Waals surface area contributed by atoms with E-state index in [4.69, 9.17) is 11.6 Å². The lowest BCUT2D eigenvalue weighted by atomic mass is 10.2. The van der Waals surface area contributed by atoms with Crippen molar-refractivity contribution in [3.05, 3.63) is 59.2 Å². The van der Waals surface area contributed by atoms with Crippen molar-refractivity contribution < 1.29 is 0 Å². The van der Waals surface area contributed by atoms with Gasteiger partial charge in [-0.2, -0.15) is 5.10 Å². The van der Waals surface area contributed by atoms with Crippen molar-refractivity contribution in [3.63, 3.8) is 0 Å². The first-order valence-electron chi connectivity index (χ1n) is 7.12. The summed E-state index contributed by atoms with van der Waals surface area (Å²) in [5, 5.41) is 14.3. The third-order valence-corrected chi connectivity index (χ3v) is 3.71. The molecule has 1 heterocycles. The van der Waals surface area contributed by atoms with E-state index in [0.29, 0.717) is 11.0 Å². The fourth-order valence-electron chi connectivity index (χ4n) is 2.18. The van der Waals surface area contributed by atoms with Gasteiger partial charge in [0.25, 0.3) is 0 Å². The van der Waals surface area contributed by atoms with Gasteiger partial charge in [-0.05, 0) is 17.7 Å². The fourth-order valence-corrected chi connectivity index (χ4v) is 2.38. The molecule has 3 rings (SSSR count). The van der Waals surface area contributed by atoms with Crippen LogP contribution in [0, 0.1) is 0 Å². The summed E-state index contributed by atoms with van der Waals surface area (Å²) in [4.78, 5) is 2.05. The first-order valence-corrected chi connectivity index (χ1v) is 7.50. The van der Waals surface area contributed by atoms with Crippen molar-refractivity contribution in [3.8, 4) is 0 Å². The normalized spacial score (nSPS) is 11.1. The van der Waals surface area contributed by atoms with E-state index in [1.54, 1.807) is 6.21 Å². The second kappa shape index (κ2) is 6.62. The Labute approximate surface area is 139 Å². The predicted octanol–water partition coefficient (Wildman–Crippen LogP) is 3.80. The van der Waals surface area contributed by atoms with Crippen LogP contribution in [0.4, 0.5) is 11.5 Å². The van der Waals surface area contributed by atoms with Gasteiger partial charge >= 0.3 is 0 Å². The largest absolute Gasteiger partial charge is 0.378 e. The molecule has 23 heavy (non-hydrogen) atoms. The van der Waals surface area contributed by atoms with Gasteiger partial charge in [0, 0.05) is 30.6 Å². The lowest BCUT2D eigenvalue weighted by Gasteiger charge is -2.11. The third-order valence-electron chi connectivity index (χ3n) is 3.44. The number of rotatable bonds is 4. The average Bonchev–Trinajstić information content (AvgIpc) is 2.58. The molecule has 0 unspecified atom stereocenters. The fraction of sp³-hybridized carbons (Fsp3) is 0.118. The maximum Gasteiger partial charge on any atom is 0.176 e. The number of halogens is 1. The number of fused-ring (bicyclic) bond motifs is 1. The van der Waals surface area contributed by atoms with Crippen molar-refractivity contribution >= 4 is 40.1 Å². The van der Waals surface area contributed by atoms with Crippen LogP contribution in [0.5, 0.6) is 0 Å². The Hall–Kier alpha value is -2.66. The summed E-state index contributed by atoms with van der Waals surface area (Å²) >= 11 is 6.06. The Morgan fingerprint density at radius 3 is 2.39 bits per heavy atom. The highest BCUT2D eigenvalue weighted by Crippen LogP contribution is 2.25. The van der Waals surface area contributed by atoms with Crippen molar-refractivity contribution in [2.45, 2.75) is 0 Å². The number of anilines is 2. The zero-order chi connectivity index (χ0) is 16.2. The Kier molecular flexibility index (Phi) is 4.39. The van der Waals surface area contributed by atoms with E-state index in [1.165, 1.54) is 0 Å². The standard InChI is InChI=1S/C17H16ClN5/c1-23(2)13-9-7-12(8-10-13)11-19-21-17-15-6-4-3-5-14(15)16(18)20-22-17/h3-11H,1-2H3,(H,21,22). The van der Waals surface area contributed by atoms with Crippen LogP contribution in [0.15, 0.2) is 53.6 Å². The second-order valence-corrected chi connectivity index (χ2v) is 5.60. The van der Waals surface area contributed by atoms with E-state index < -0.39 is 0 Å². The maximum absolute atomic E-state index is 6.06. The molecule has 0 amide bonds. The minimum Gasteiger partial charge on any atom is -0.378 e. The summed E-state index contributed by atoms with van der Waals surface area (Å²) in [6.45, 7) is 0. The molecule has 3 aromatic rings. The molecular formula is C17H16ClN5. The minimum absolute atomic E-state index is 0.384. The number of aromatic nitrogens is 2. The molecule has 1 aromatic heterocycles. The number of nitrogens with one attached hydrogen (secondary N) is 1. The van der Waals surface area contributed by atoms with Gasteiger partial charge in [0.05, 0.1) is 6.21 Å². The molecule has 0 spiro atoms. The van der Waals surface area contributed by atoms with Gasteiger partial charge in [0.2, 0.25) is 0 Å². The Morgan fingerprint density at radius 2 is 1.70 bits per heavy atom. The minimum atomic E-state index is 0.384. The first-order chi connectivity index (χ1) is 11.1. The van der Waals surface area contributed by atoms with E-state index >= 15 is 0 Å².